The number of aryl methyl sites for hydroxylation is 1. The van der Waals surface area contributed by atoms with Crippen LogP contribution in [0.25, 0.3) is 0 Å². The molecule has 0 spiro atoms. The molecule has 0 aliphatic heterocycles. The SMILES string of the molecule is CCCc1nc(NN)cc(NC(C)(CC)CCO)n1. The molecule has 1 aromatic rings. The topological polar surface area (TPSA) is 96.1 Å². The molecule has 6 nitrogen and oxygen atoms in total. The summed E-state index contributed by atoms with van der Waals surface area (Å²) in [4.78, 5) is 8.79. The zero-order valence-electron chi connectivity index (χ0n) is 12.0. The highest BCUT2D eigenvalue weighted by molar-refractivity contribution is 5.48. The highest BCUT2D eigenvalue weighted by atomic mass is 16.3. The lowest BCUT2D eigenvalue weighted by Crippen LogP contribution is -2.35. The molecule has 0 aliphatic rings. The average Bonchev–Trinajstić information content (AvgIpc) is 2.39. The van der Waals surface area contributed by atoms with Crippen LogP contribution in [0.5, 0.6) is 0 Å². The standard InChI is InChI=1S/C13H25N5O/c1-4-6-10-15-11(9-12(16-10)18-14)17-13(3,5-2)7-8-19/h9,19H,4-8,14H2,1-3H3,(H2,15,16,17,18). The molecule has 0 radical (unpaired) electrons. The zero-order chi connectivity index (χ0) is 14.3. The van der Waals surface area contributed by atoms with E-state index in [0.717, 1.165) is 30.9 Å². The Morgan fingerprint density at radius 3 is 2.53 bits per heavy atom. The van der Waals surface area contributed by atoms with E-state index in [1.54, 1.807) is 6.07 Å². The van der Waals surface area contributed by atoms with Crippen LogP contribution in [0.1, 0.15) is 45.9 Å². The van der Waals surface area contributed by atoms with E-state index >= 15 is 0 Å². The van der Waals surface area contributed by atoms with Gasteiger partial charge in [-0.05, 0) is 26.2 Å². The molecule has 0 bridgehead atoms. The Morgan fingerprint density at radius 2 is 2.00 bits per heavy atom. The van der Waals surface area contributed by atoms with E-state index in [2.05, 4.69) is 41.5 Å². The summed E-state index contributed by atoms with van der Waals surface area (Å²) < 4.78 is 0. The number of nitrogens with two attached hydrogens (primary N) is 1. The molecule has 1 aromatic heterocycles. The predicted octanol–water partition coefficient (Wildman–Crippen LogP) is 1.68. The van der Waals surface area contributed by atoms with Crippen molar-refractivity contribution >= 4 is 11.6 Å². The van der Waals surface area contributed by atoms with Crippen LogP contribution in [0.3, 0.4) is 0 Å². The molecular formula is C13H25N5O. The molecule has 19 heavy (non-hydrogen) atoms. The van der Waals surface area contributed by atoms with Crippen LogP contribution in [-0.2, 0) is 6.42 Å². The molecule has 0 saturated heterocycles. The van der Waals surface area contributed by atoms with Gasteiger partial charge >= 0.3 is 0 Å². The maximum absolute atomic E-state index is 9.15. The second-order valence-electron chi connectivity index (χ2n) is 4.96. The Labute approximate surface area is 114 Å². The summed E-state index contributed by atoms with van der Waals surface area (Å²) in [6.45, 7) is 6.38. The third kappa shape index (κ3) is 4.65. The van der Waals surface area contributed by atoms with E-state index < -0.39 is 0 Å². The molecule has 0 aromatic carbocycles. The lowest BCUT2D eigenvalue weighted by molar-refractivity contribution is 0.252. The molecule has 5 N–H and O–H groups in total. The van der Waals surface area contributed by atoms with E-state index in [4.69, 9.17) is 10.9 Å². The highest BCUT2D eigenvalue weighted by Crippen LogP contribution is 2.22. The van der Waals surface area contributed by atoms with Gasteiger partial charge in [0.05, 0.1) is 0 Å². The van der Waals surface area contributed by atoms with Gasteiger partial charge in [-0.1, -0.05) is 13.8 Å². The quantitative estimate of drug-likeness (QED) is 0.423. The molecule has 0 amide bonds. The Kier molecular flexibility index (Phi) is 5.98. The summed E-state index contributed by atoms with van der Waals surface area (Å²) >= 11 is 0. The van der Waals surface area contributed by atoms with Crippen LogP contribution in [0.4, 0.5) is 11.6 Å². The normalized spacial score (nSPS) is 13.9. The molecule has 0 fully saturated rings. The number of hydrogen-bond acceptors (Lipinski definition) is 6. The van der Waals surface area contributed by atoms with Crippen LogP contribution < -0.4 is 16.6 Å². The van der Waals surface area contributed by atoms with Crippen molar-refractivity contribution in [2.24, 2.45) is 5.84 Å². The molecule has 6 heteroatoms. The van der Waals surface area contributed by atoms with Gasteiger partial charge < -0.3 is 15.8 Å². The second kappa shape index (κ2) is 7.25. The second-order valence-corrected chi connectivity index (χ2v) is 4.96. The van der Waals surface area contributed by atoms with Crippen molar-refractivity contribution in [2.45, 2.75) is 52.0 Å². The van der Waals surface area contributed by atoms with Crippen molar-refractivity contribution in [3.05, 3.63) is 11.9 Å². The molecule has 1 heterocycles. The van der Waals surface area contributed by atoms with Gasteiger partial charge in [0.2, 0.25) is 0 Å². The Bertz CT molecular complexity index is 399. The summed E-state index contributed by atoms with van der Waals surface area (Å²) in [5.74, 6) is 7.54. The molecular weight excluding hydrogens is 242 g/mol. The minimum absolute atomic E-state index is 0.145. The number of nitrogens with one attached hydrogen (secondary N) is 2. The summed E-state index contributed by atoms with van der Waals surface area (Å²) in [6, 6.07) is 1.78. The first kappa shape index (κ1) is 15.7. The molecule has 108 valence electrons. The smallest absolute Gasteiger partial charge is 0.145 e. The summed E-state index contributed by atoms with van der Waals surface area (Å²) in [6.07, 6.45) is 3.36. The van der Waals surface area contributed by atoms with E-state index in [9.17, 15) is 0 Å². The van der Waals surface area contributed by atoms with Gasteiger partial charge in [-0.3, -0.25) is 0 Å². The van der Waals surface area contributed by atoms with Crippen LogP contribution in [0, 0.1) is 0 Å². The van der Waals surface area contributed by atoms with E-state index in [1.807, 2.05) is 0 Å². The highest BCUT2D eigenvalue weighted by Gasteiger charge is 2.22. The Balaban J connectivity index is 2.95. The Morgan fingerprint density at radius 1 is 1.32 bits per heavy atom. The molecule has 0 aliphatic carbocycles. The van der Waals surface area contributed by atoms with Crippen molar-refractivity contribution < 1.29 is 5.11 Å². The van der Waals surface area contributed by atoms with Crippen LogP contribution >= 0.6 is 0 Å². The minimum Gasteiger partial charge on any atom is -0.396 e. The fourth-order valence-electron chi connectivity index (χ4n) is 1.85. The molecule has 1 rings (SSSR count). The van der Waals surface area contributed by atoms with Gasteiger partial charge in [0.25, 0.3) is 0 Å². The number of hydrogen-bond donors (Lipinski definition) is 4. The summed E-state index contributed by atoms with van der Waals surface area (Å²) in [7, 11) is 0. The first-order chi connectivity index (χ1) is 9.06. The van der Waals surface area contributed by atoms with Gasteiger partial charge in [-0.25, -0.2) is 15.8 Å². The van der Waals surface area contributed by atoms with Gasteiger partial charge in [0, 0.05) is 24.6 Å². The van der Waals surface area contributed by atoms with Gasteiger partial charge in [0.15, 0.2) is 0 Å². The van der Waals surface area contributed by atoms with Crippen molar-refractivity contribution in [1.82, 2.24) is 9.97 Å². The van der Waals surface area contributed by atoms with E-state index in [0.29, 0.717) is 12.2 Å². The minimum atomic E-state index is -0.182. The van der Waals surface area contributed by atoms with E-state index in [-0.39, 0.29) is 12.1 Å². The largest absolute Gasteiger partial charge is 0.396 e. The number of nitrogen functional groups attached to an aromatic ring is 1. The van der Waals surface area contributed by atoms with Crippen molar-refractivity contribution in [3.63, 3.8) is 0 Å². The van der Waals surface area contributed by atoms with Gasteiger partial charge in [-0.2, -0.15) is 0 Å². The molecule has 1 unspecified atom stereocenters. The first-order valence-electron chi connectivity index (χ1n) is 6.80. The number of aromatic nitrogens is 2. The lowest BCUT2D eigenvalue weighted by Gasteiger charge is -2.29. The average molecular weight is 267 g/mol. The van der Waals surface area contributed by atoms with Crippen LogP contribution in [0.2, 0.25) is 0 Å². The number of aliphatic hydroxyl groups excluding tert-OH is 1. The maximum Gasteiger partial charge on any atom is 0.145 e. The number of hydrazine groups is 1. The van der Waals surface area contributed by atoms with Crippen LogP contribution in [-0.4, -0.2) is 27.2 Å². The van der Waals surface area contributed by atoms with Crippen LogP contribution in [0.15, 0.2) is 6.07 Å². The Hall–Kier alpha value is -1.40. The molecule has 0 saturated carbocycles. The number of rotatable bonds is 8. The fourth-order valence-corrected chi connectivity index (χ4v) is 1.85. The number of aliphatic hydroxyl groups is 1. The molecule has 1 atom stereocenters. The van der Waals surface area contributed by atoms with Gasteiger partial charge in [-0.15, -0.1) is 0 Å². The van der Waals surface area contributed by atoms with Gasteiger partial charge in [0.1, 0.15) is 17.5 Å². The first-order valence-corrected chi connectivity index (χ1v) is 6.80. The predicted molar refractivity (Wildman–Crippen MR) is 77.9 cm³/mol. The van der Waals surface area contributed by atoms with E-state index in [1.165, 1.54) is 0 Å². The lowest BCUT2D eigenvalue weighted by atomic mass is 9.95. The third-order valence-electron chi connectivity index (χ3n) is 3.27. The van der Waals surface area contributed by atoms with Crippen molar-refractivity contribution in [1.29, 1.82) is 0 Å². The zero-order valence-corrected chi connectivity index (χ0v) is 12.0. The summed E-state index contributed by atoms with van der Waals surface area (Å²) in [5, 5.41) is 12.5. The van der Waals surface area contributed by atoms with Crippen molar-refractivity contribution in [3.8, 4) is 0 Å². The van der Waals surface area contributed by atoms with Crippen molar-refractivity contribution in [2.75, 3.05) is 17.3 Å². The maximum atomic E-state index is 9.15. The monoisotopic (exact) mass is 267 g/mol. The number of nitrogens with zero attached hydrogens (tertiary/aromatic N) is 2. The summed E-state index contributed by atoms with van der Waals surface area (Å²) in [5.41, 5.74) is 2.38. The fraction of sp³-hybridized carbons (Fsp3) is 0.692. The number of anilines is 2. The third-order valence-corrected chi connectivity index (χ3v) is 3.27.